The summed E-state index contributed by atoms with van der Waals surface area (Å²) in [5.74, 6) is 2.17. The molecule has 0 spiro atoms. The highest BCUT2D eigenvalue weighted by atomic mass is 79.9. The lowest BCUT2D eigenvalue weighted by molar-refractivity contribution is 0.171. The fourth-order valence-electron chi connectivity index (χ4n) is 2.24. The summed E-state index contributed by atoms with van der Waals surface area (Å²) in [4.78, 5) is 8.74. The van der Waals surface area contributed by atoms with Crippen LogP contribution in [0.3, 0.4) is 0 Å². The van der Waals surface area contributed by atoms with Gasteiger partial charge in [-0.05, 0) is 28.1 Å². The second-order valence-corrected chi connectivity index (χ2v) is 5.37. The molecular weight excluding hydrogens is 336 g/mol. The van der Waals surface area contributed by atoms with Gasteiger partial charge in [-0.1, -0.05) is 0 Å². The minimum absolute atomic E-state index is 0.566. The molecule has 1 aliphatic rings. The highest BCUT2D eigenvalue weighted by molar-refractivity contribution is 9.10. The van der Waals surface area contributed by atoms with E-state index in [0.717, 1.165) is 27.4 Å². The zero-order valence-electron chi connectivity index (χ0n) is 10.9. The second kappa shape index (κ2) is 4.92. The van der Waals surface area contributed by atoms with Gasteiger partial charge in [-0.25, -0.2) is 9.97 Å². The predicted octanol–water partition coefficient (Wildman–Crippen LogP) is 3.01. The molecule has 0 amide bonds. The van der Waals surface area contributed by atoms with Crippen LogP contribution in [-0.2, 0) is 0 Å². The average molecular weight is 347 g/mol. The third-order valence-corrected chi connectivity index (χ3v) is 3.53. The summed E-state index contributed by atoms with van der Waals surface area (Å²) in [5, 5.41) is 3.26. The lowest BCUT2D eigenvalue weighted by Gasteiger charge is -2.19. The van der Waals surface area contributed by atoms with Gasteiger partial charge >= 0.3 is 0 Å². The highest BCUT2D eigenvalue weighted by Gasteiger charge is 2.13. The fourth-order valence-corrected chi connectivity index (χ4v) is 2.64. The molecule has 0 atom stereocenters. The molecule has 3 aromatic rings. The number of fused-ring (bicyclic) bond motifs is 2. The Hall–Kier alpha value is -2.28. The van der Waals surface area contributed by atoms with Crippen LogP contribution in [0.1, 0.15) is 0 Å². The number of ether oxygens (including phenoxy) is 2. The van der Waals surface area contributed by atoms with Crippen LogP contribution < -0.4 is 14.8 Å². The number of hydrogen-bond donors (Lipinski definition) is 1. The largest absolute Gasteiger partial charge is 0.486 e. The molecule has 0 aliphatic carbocycles. The Morgan fingerprint density at radius 1 is 1.19 bits per heavy atom. The van der Waals surface area contributed by atoms with Gasteiger partial charge in [0.25, 0.3) is 0 Å². The minimum Gasteiger partial charge on any atom is -0.486 e. The summed E-state index contributed by atoms with van der Waals surface area (Å²) in [5.41, 5.74) is 1.63. The molecule has 0 unspecified atom stereocenters. The van der Waals surface area contributed by atoms with Crippen molar-refractivity contribution in [1.29, 1.82) is 0 Å². The van der Waals surface area contributed by atoms with Gasteiger partial charge in [0, 0.05) is 30.3 Å². The number of hydrogen-bond acceptors (Lipinski definition) is 5. The monoisotopic (exact) mass is 346 g/mol. The first-order valence-corrected chi connectivity index (χ1v) is 7.25. The number of aromatic nitrogens is 3. The van der Waals surface area contributed by atoms with Crippen molar-refractivity contribution in [3.05, 3.63) is 41.4 Å². The van der Waals surface area contributed by atoms with Crippen molar-refractivity contribution in [2.75, 3.05) is 18.5 Å². The molecule has 2 aromatic heterocycles. The molecule has 7 heteroatoms. The van der Waals surface area contributed by atoms with E-state index in [0.29, 0.717) is 19.0 Å². The molecule has 0 radical (unpaired) electrons. The zero-order chi connectivity index (χ0) is 14.2. The minimum atomic E-state index is 0.566. The molecule has 21 heavy (non-hydrogen) atoms. The molecule has 6 nitrogen and oxygen atoms in total. The number of nitrogens with zero attached hydrogens (tertiary/aromatic N) is 3. The van der Waals surface area contributed by atoms with E-state index in [2.05, 4.69) is 31.2 Å². The first kappa shape index (κ1) is 12.5. The average Bonchev–Trinajstić information content (AvgIpc) is 2.95. The summed E-state index contributed by atoms with van der Waals surface area (Å²) in [6.45, 7) is 1.15. The number of nitrogens with one attached hydrogen (secondary N) is 1. The predicted molar refractivity (Wildman–Crippen MR) is 81.4 cm³/mol. The molecular formula is C14H11BrN4O2. The van der Waals surface area contributed by atoms with Gasteiger partial charge in [0.1, 0.15) is 17.8 Å². The van der Waals surface area contributed by atoms with Crippen LogP contribution in [0.5, 0.6) is 11.5 Å². The molecule has 0 saturated carbocycles. The van der Waals surface area contributed by atoms with Crippen LogP contribution in [0.4, 0.5) is 11.5 Å². The van der Waals surface area contributed by atoms with Crippen molar-refractivity contribution < 1.29 is 9.47 Å². The second-order valence-electron chi connectivity index (χ2n) is 4.55. The normalized spacial score (nSPS) is 13.4. The van der Waals surface area contributed by atoms with Gasteiger partial charge in [-0.2, -0.15) is 0 Å². The summed E-state index contributed by atoms with van der Waals surface area (Å²) in [6.07, 6.45) is 5.46. The summed E-state index contributed by atoms with van der Waals surface area (Å²) in [7, 11) is 0. The fraction of sp³-hybridized carbons (Fsp3) is 0.143. The molecule has 106 valence electrons. The van der Waals surface area contributed by atoms with Crippen molar-refractivity contribution >= 4 is 33.1 Å². The van der Waals surface area contributed by atoms with Gasteiger partial charge in [-0.3, -0.25) is 0 Å². The lowest BCUT2D eigenvalue weighted by atomic mass is 10.2. The SMILES string of the molecule is Brc1cn2ccnc2c(Nc2ccc3c(c2)OCCO3)n1. The Bertz CT molecular complexity index is 818. The Balaban J connectivity index is 1.72. The van der Waals surface area contributed by atoms with Crippen LogP contribution in [0.25, 0.3) is 5.65 Å². The van der Waals surface area contributed by atoms with Gasteiger partial charge in [0.05, 0.1) is 0 Å². The van der Waals surface area contributed by atoms with Gasteiger partial charge in [0.2, 0.25) is 0 Å². The molecule has 0 fully saturated rings. The number of halogens is 1. The molecule has 0 saturated heterocycles. The van der Waals surface area contributed by atoms with Gasteiger partial charge < -0.3 is 19.2 Å². The summed E-state index contributed by atoms with van der Waals surface area (Å²) in [6, 6.07) is 5.71. The van der Waals surface area contributed by atoms with Crippen LogP contribution in [0.2, 0.25) is 0 Å². The van der Waals surface area contributed by atoms with Crippen molar-refractivity contribution in [1.82, 2.24) is 14.4 Å². The Kier molecular flexibility index (Phi) is 2.92. The maximum Gasteiger partial charge on any atom is 0.180 e. The van der Waals surface area contributed by atoms with Crippen LogP contribution in [0.15, 0.2) is 41.4 Å². The van der Waals surface area contributed by atoms with E-state index in [1.165, 1.54) is 0 Å². The molecule has 1 aromatic carbocycles. The van der Waals surface area contributed by atoms with Crippen molar-refractivity contribution in [3.8, 4) is 11.5 Å². The molecule has 3 heterocycles. The quantitative estimate of drug-likeness (QED) is 0.772. The van der Waals surface area contributed by atoms with E-state index in [1.54, 1.807) is 6.20 Å². The smallest absolute Gasteiger partial charge is 0.180 e. The van der Waals surface area contributed by atoms with Crippen molar-refractivity contribution in [2.45, 2.75) is 0 Å². The van der Waals surface area contributed by atoms with Crippen molar-refractivity contribution in [3.63, 3.8) is 0 Å². The van der Waals surface area contributed by atoms with E-state index in [-0.39, 0.29) is 0 Å². The molecule has 4 rings (SSSR count). The third kappa shape index (κ3) is 2.29. The molecule has 0 bridgehead atoms. The molecule has 1 N–H and O–H groups in total. The molecule has 1 aliphatic heterocycles. The van der Waals surface area contributed by atoms with Crippen LogP contribution in [0, 0.1) is 0 Å². The number of anilines is 2. The Morgan fingerprint density at radius 3 is 2.95 bits per heavy atom. The van der Waals surface area contributed by atoms with Gasteiger partial charge in [0.15, 0.2) is 23.0 Å². The van der Waals surface area contributed by atoms with Crippen LogP contribution >= 0.6 is 15.9 Å². The number of imidazole rings is 1. The Morgan fingerprint density at radius 2 is 2.05 bits per heavy atom. The number of rotatable bonds is 2. The zero-order valence-corrected chi connectivity index (χ0v) is 12.5. The number of benzene rings is 1. The van der Waals surface area contributed by atoms with Gasteiger partial charge in [-0.15, -0.1) is 0 Å². The van der Waals surface area contributed by atoms with E-state index in [4.69, 9.17) is 9.47 Å². The van der Waals surface area contributed by atoms with E-state index in [9.17, 15) is 0 Å². The maximum atomic E-state index is 5.58. The van der Waals surface area contributed by atoms with E-state index < -0.39 is 0 Å². The summed E-state index contributed by atoms with van der Waals surface area (Å²) < 4.78 is 13.7. The lowest BCUT2D eigenvalue weighted by Crippen LogP contribution is -2.15. The topological polar surface area (TPSA) is 60.7 Å². The standard InChI is InChI=1S/C14H11BrN4O2/c15-12-8-19-4-3-16-14(19)13(18-12)17-9-1-2-10-11(7-9)21-6-5-20-10/h1-4,7-8H,5-6H2,(H,17,18). The van der Waals surface area contributed by atoms with Crippen molar-refractivity contribution in [2.24, 2.45) is 0 Å². The third-order valence-electron chi connectivity index (χ3n) is 3.15. The highest BCUT2D eigenvalue weighted by Crippen LogP contribution is 2.33. The van der Waals surface area contributed by atoms with E-state index >= 15 is 0 Å². The first-order valence-electron chi connectivity index (χ1n) is 6.45. The van der Waals surface area contributed by atoms with E-state index in [1.807, 2.05) is 35.0 Å². The summed E-state index contributed by atoms with van der Waals surface area (Å²) >= 11 is 3.40. The maximum absolute atomic E-state index is 5.58. The Labute approximate surface area is 128 Å². The van der Waals surface area contributed by atoms with Crippen LogP contribution in [-0.4, -0.2) is 27.6 Å². The first-order chi connectivity index (χ1) is 10.3.